The predicted molar refractivity (Wildman–Crippen MR) is 114 cm³/mol. The van der Waals surface area contributed by atoms with Crippen molar-refractivity contribution in [1.29, 1.82) is 0 Å². The van der Waals surface area contributed by atoms with Crippen molar-refractivity contribution in [3.05, 3.63) is 108 Å². The first-order valence-electron chi connectivity index (χ1n) is 10.0. The van der Waals surface area contributed by atoms with Crippen LogP contribution in [0.1, 0.15) is 49.3 Å². The van der Waals surface area contributed by atoms with Gasteiger partial charge in [-0.2, -0.15) is 0 Å². The van der Waals surface area contributed by atoms with Gasteiger partial charge in [-0.3, -0.25) is 0 Å². The molecule has 5 rings (SSSR count). The number of fused-ring (bicyclic) bond motifs is 2. The SMILES string of the molecule is CC12CC(c3ccccc3)C(C)(C1)C(c1ccccc1)=C2c1ccccc1. The summed E-state index contributed by atoms with van der Waals surface area (Å²) in [6.45, 7) is 5.00. The molecule has 2 aliphatic carbocycles. The van der Waals surface area contributed by atoms with Gasteiger partial charge in [-0.15, -0.1) is 0 Å². The summed E-state index contributed by atoms with van der Waals surface area (Å²) in [6, 6.07) is 33.3. The molecule has 0 spiro atoms. The summed E-state index contributed by atoms with van der Waals surface area (Å²) in [4.78, 5) is 0. The largest absolute Gasteiger partial charge is 0.0622 e. The molecule has 0 nitrogen and oxygen atoms in total. The fraction of sp³-hybridized carbons (Fsp3) is 0.259. The minimum atomic E-state index is 0.169. The molecule has 0 aromatic heterocycles. The zero-order valence-corrected chi connectivity index (χ0v) is 16.2. The van der Waals surface area contributed by atoms with Gasteiger partial charge in [0.2, 0.25) is 0 Å². The van der Waals surface area contributed by atoms with Crippen molar-refractivity contribution in [1.82, 2.24) is 0 Å². The van der Waals surface area contributed by atoms with Gasteiger partial charge in [0.15, 0.2) is 0 Å². The zero-order valence-electron chi connectivity index (χ0n) is 16.2. The van der Waals surface area contributed by atoms with Gasteiger partial charge < -0.3 is 0 Å². The second-order valence-electron chi connectivity index (χ2n) is 8.80. The van der Waals surface area contributed by atoms with Crippen molar-refractivity contribution in [2.75, 3.05) is 0 Å². The van der Waals surface area contributed by atoms with E-state index in [0.717, 1.165) is 0 Å². The molecule has 3 unspecified atom stereocenters. The van der Waals surface area contributed by atoms with Crippen LogP contribution in [0.3, 0.4) is 0 Å². The summed E-state index contributed by atoms with van der Waals surface area (Å²) < 4.78 is 0. The van der Waals surface area contributed by atoms with Gasteiger partial charge in [0, 0.05) is 5.41 Å². The Bertz CT molecular complexity index is 984. The molecule has 0 saturated heterocycles. The van der Waals surface area contributed by atoms with E-state index in [2.05, 4.69) is 105 Å². The highest BCUT2D eigenvalue weighted by molar-refractivity contribution is 5.99. The molecule has 0 heterocycles. The van der Waals surface area contributed by atoms with Gasteiger partial charge in [0.1, 0.15) is 0 Å². The highest BCUT2D eigenvalue weighted by Gasteiger charge is 2.60. The first kappa shape index (κ1) is 16.6. The maximum absolute atomic E-state index is 2.51. The molecule has 27 heavy (non-hydrogen) atoms. The van der Waals surface area contributed by atoms with E-state index in [1.54, 1.807) is 11.1 Å². The van der Waals surface area contributed by atoms with Crippen molar-refractivity contribution in [3.8, 4) is 0 Å². The van der Waals surface area contributed by atoms with Crippen LogP contribution < -0.4 is 0 Å². The van der Waals surface area contributed by atoms with Crippen LogP contribution in [0, 0.1) is 10.8 Å². The van der Waals surface area contributed by atoms with Crippen molar-refractivity contribution in [3.63, 3.8) is 0 Å². The van der Waals surface area contributed by atoms with Crippen LogP contribution in [-0.2, 0) is 0 Å². The maximum Gasteiger partial charge on any atom is 0.00111 e. The smallest absolute Gasteiger partial charge is 0.00111 e. The van der Waals surface area contributed by atoms with Crippen LogP contribution in [0.25, 0.3) is 11.1 Å². The summed E-state index contributed by atoms with van der Waals surface area (Å²) in [6.07, 6.45) is 2.46. The van der Waals surface area contributed by atoms with E-state index in [9.17, 15) is 0 Å². The first-order valence-corrected chi connectivity index (χ1v) is 10.0. The normalized spacial score (nSPS) is 29.3. The van der Waals surface area contributed by atoms with Gasteiger partial charge in [-0.25, -0.2) is 0 Å². The van der Waals surface area contributed by atoms with E-state index in [-0.39, 0.29) is 10.8 Å². The van der Waals surface area contributed by atoms with Gasteiger partial charge in [-0.05, 0) is 52.0 Å². The number of hydrogen-bond acceptors (Lipinski definition) is 0. The lowest BCUT2D eigenvalue weighted by Crippen LogP contribution is -2.23. The van der Waals surface area contributed by atoms with Gasteiger partial charge in [0.05, 0.1) is 0 Å². The lowest BCUT2D eigenvalue weighted by atomic mass is 9.65. The molecule has 1 saturated carbocycles. The summed E-state index contributed by atoms with van der Waals surface area (Å²) in [5.74, 6) is 0.575. The Kier molecular flexibility index (Phi) is 3.65. The number of benzene rings is 3. The second-order valence-corrected chi connectivity index (χ2v) is 8.80. The fourth-order valence-corrected chi connectivity index (χ4v) is 6.07. The van der Waals surface area contributed by atoms with E-state index in [1.165, 1.54) is 29.5 Å². The molecule has 2 aliphatic rings. The van der Waals surface area contributed by atoms with E-state index in [0.29, 0.717) is 5.92 Å². The molecule has 0 amide bonds. The Labute approximate surface area is 162 Å². The molecule has 0 heteroatoms. The molecular weight excluding hydrogens is 324 g/mol. The highest BCUT2D eigenvalue weighted by Crippen LogP contribution is 2.73. The number of hydrogen-bond donors (Lipinski definition) is 0. The van der Waals surface area contributed by atoms with E-state index in [1.807, 2.05) is 0 Å². The lowest BCUT2D eigenvalue weighted by Gasteiger charge is -2.38. The van der Waals surface area contributed by atoms with Crippen molar-refractivity contribution < 1.29 is 0 Å². The second kappa shape index (κ2) is 5.96. The molecule has 1 fully saturated rings. The van der Waals surface area contributed by atoms with E-state index >= 15 is 0 Å². The van der Waals surface area contributed by atoms with Gasteiger partial charge in [-0.1, -0.05) is 105 Å². The first-order chi connectivity index (χ1) is 13.1. The average molecular weight is 351 g/mol. The van der Waals surface area contributed by atoms with Crippen LogP contribution >= 0.6 is 0 Å². The van der Waals surface area contributed by atoms with Crippen molar-refractivity contribution in [2.45, 2.75) is 32.6 Å². The molecule has 3 aromatic rings. The summed E-state index contributed by atoms with van der Waals surface area (Å²) in [5.41, 5.74) is 7.81. The standard InChI is InChI=1S/C27H26/c1-26-18-23(20-12-6-3-7-13-20)27(2,19-26)25(22-16-10-5-11-17-22)24(26)21-14-8-4-9-15-21/h3-17,23H,18-19H2,1-2H3. The van der Waals surface area contributed by atoms with E-state index < -0.39 is 0 Å². The molecule has 3 atom stereocenters. The third kappa shape index (κ3) is 2.43. The van der Waals surface area contributed by atoms with Crippen LogP contribution in [0.15, 0.2) is 91.0 Å². The lowest BCUT2D eigenvalue weighted by molar-refractivity contribution is 0.404. The van der Waals surface area contributed by atoms with Crippen molar-refractivity contribution >= 4 is 11.1 Å². The van der Waals surface area contributed by atoms with Crippen LogP contribution in [-0.4, -0.2) is 0 Å². The van der Waals surface area contributed by atoms with Crippen LogP contribution in [0.5, 0.6) is 0 Å². The third-order valence-electron chi connectivity index (χ3n) is 6.93. The Morgan fingerprint density at radius 1 is 0.630 bits per heavy atom. The Morgan fingerprint density at radius 2 is 1.11 bits per heavy atom. The molecular formula is C27H26. The topological polar surface area (TPSA) is 0 Å². The quantitative estimate of drug-likeness (QED) is 0.468. The van der Waals surface area contributed by atoms with Crippen LogP contribution in [0.4, 0.5) is 0 Å². The third-order valence-corrected chi connectivity index (χ3v) is 6.93. The predicted octanol–water partition coefficient (Wildman–Crippen LogP) is 7.20. The number of rotatable bonds is 3. The molecule has 3 aromatic carbocycles. The zero-order chi connectivity index (χ0) is 18.5. The summed E-state index contributed by atoms with van der Waals surface area (Å²) in [5, 5.41) is 0. The van der Waals surface area contributed by atoms with E-state index in [4.69, 9.17) is 0 Å². The summed E-state index contributed by atoms with van der Waals surface area (Å²) in [7, 11) is 0. The molecule has 0 N–H and O–H groups in total. The van der Waals surface area contributed by atoms with Crippen molar-refractivity contribution in [2.24, 2.45) is 10.8 Å². The van der Waals surface area contributed by atoms with Gasteiger partial charge >= 0.3 is 0 Å². The molecule has 0 radical (unpaired) electrons. The Hall–Kier alpha value is -2.60. The number of allylic oxidation sites excluding steroid dienone is 2. The average Bonchev–Trinajstić information content (AvgIpc) is 3.13. The fourth-order valence-electron chi connectivity index (χ4n) is 6.07. The molecule has 2 bridgehead atoms. The molecule has 134 valence electrons. The molecule has 0 aliphatic heterocycles. The van der Waals surface area contributed by atoms with Gasteiger partial charge in [0.25, 0.3) is 0 Å². The Morgan fingerprint density at radius 3 is 1.67 bits per heavy atom. The maximum atomic E-state index is 2.51. The van der Waals surface area contributed by atoms with Crippen LogP contribution in [0.2, 0.25) is 0 Å². The highest BCUT2D eigenvalue weighted by atomic mass is 14.6. The summed E-state index contributed by atoms with van der Waals surface area (Å²) >= 11 is 0. The minimum Gasteiger partial charge on any atom is -0.0622 e. The Balaban J connectivity index is 1.77. The monoisotopic (exact) mass is 350 g/mol. The minimum absolute atomic E-state index is 0.169.